The number of rotatable bonds is 6. The van der Waals surface area contributed by atoms with Gasteiger partial charge in [0.1, 0.15) is 11.5 Å². The fourth-order valence-corrected chi connectivity index (χ4v) is 4.20. The molecule has 0 radical (unpaired) electrons. The van der Waals surface area contributed by atoms with Gasteiger partial charge in [-0.3, -0.25) is 14.4 Å². The molecule has 0 saturated carbocycles. The molecule has 0 amide bonds. The lowest BCUT2D eigenvalue weighted by molar-refractivity contribution is 0.0957. The molecule has 0 aliphatic carbocycles. The second-order valence-electron chi connectivity index (χ2n) is 7.80. The third-order valence-electron chi connectivity index (χ3n) is 5.80. The highest BCUT2D eigenvalue weighted by Crippen LogP contribution is 2.25. The summed E-state index contributed by atoms with van der Waals surface area (Å²) in [5.74, 6) is 0.537. The number of para-hydroxylation sites is 1. The van der Waals surface area contributed by atoms with Gasteiger partial charge in [-0.05, 0) is 62.0 Å². The number of nitrogens with zero attached hydrogens (tertiary/aromatic N) is 3. The molecule has 29 heavy (non-hydrogen) atoms. The van der Waals surface area contributed by atoms with Crippen molar-refractivity contribution in [1.82, 2.24) is 14.7 Å². The molecular weight excluding hydrogens is 389 g/mol. The Hall–Kier alpha value is -2.24. The Morgan fingerprint density at radius 1 is 1.14 bits per heavy atom. The standard InChI is InChI=1S/C23H26FN3O.ClH/c1-26-21-8-3-2-7-20(21)23(25-26)22(28)10-9-17-11-13-27(14-12-17)16-18-5-4-6-19(24)15-18;/h2-8,15,17H,9-14,16H2,1H3;1H. The van der Waals surface area contributed by atoms with Gasteiger partial charge in [0.25, 0.3) is 0 Å². The monoisotopic (exact) mass is 415 g/mol. The van der Waals surface area contributed by atoms with E-state index >= 15 is 0 Å². The zero-order valence-electron chi connectivity index (χ0n) is 16.7. The van der Waals surface area contributed by atoms with Gasteiger partial charge in [-0.25, -0.2) is 4.39 Å². The molecule has 1 fully saturated rings. The average Bonchev–Trinajstić information content (AvgIpc) is 3.04. The Kier molecular flexibility index (Phi) is 7.04. The molecule has 2 heterocycles. The van der Waals surface area contributed by atoms with Crippen LogP contribution in [0.3, 0.4) is 0 Å². The van der Waals surface area contributed by atoms with Crippen LogP contribution in [0.25, 0.3) is 10.9 Å². The van der Waals surface area contributed by atoms with Crippen LogP contribution >= 0.6 is 12.4 Å². The third kappa shape index (κ3) is 5.03. The lowest BCUT2D eigenvalue weighted by atomic mass is 9.90. The van der Waals surface area contributed by atoms with E-state index < -0.39 is 0 Å². The smallest absolute Gasteiger partial charge is 0.183 e. The van der Waals surface area contributed by atoms with Crippen LogP contribution < -0.4 is 0 Å². The summed E-state index contributed by atoms with van der Waals surface area (Å²) in [6.45, 7) is 2.80. The minimum Gasteiger partial charge on any atom is -0.299 e. The van der Waals surface area contributed by atoms with Crippen molar-refractivity contribution < 1.29 is 9.18 Å². The minimum atomic E-state index is -0.173. The fraction of sp³-hybridized carbons (Fsp3) is 0.391. The second-order valence-corrected chi connectivity index (χ2v) is 7.80. The van der Waals surface area contributed by atoms with Crippen molar-refractivity contribution in [2.45, 2.75) is 32.2 Å². The van der Waals surface area contributed by atoms with Crippen molar-refractivity contribution in [3.05, 3.63) is 65.6 Å². The predicted octanol–water partition coefficient (Wildman–Crippen LogP) is 5.01. The normalized spacial score (nSPS) is 15.4. The maximum absolute atomic E-state index is 13.3. The van der Waals surface area contributed by atoms with Crippen molar-refractivity contribution in [3.8, 4) is 0 Å². The number of benzene rings is 2. The largest absolute Gasteiger partial charge is 0.299 e. The molecule has 4 rings (SSSR count). The molecule has 6 heteroatoms. The number of hydrogen-bond donors (Lipinski definition) is 0. The lowest BCUT2D eigenvalue weighted by Crippen LogP contribution is -2.33. The number of carbonyl (C=O) groups is 1. The van der Waals surface area contributed by atoms with Crippen LogP contribution in [0.1, 0.15) is 41.7 Å². The molecule has 0 atom stereocenters. The number of piperidine rings is 1. The zero-order valence-corrected chi connectivity index (χ0v) is 17.5. The van der Waals surface area contributed by atoms with Crippen LogP contribution in [0.4, 0.5) is 4.39 Å². The van der Waals surface area contributed by atoms with Gasteiger partial charge in [0.2, 0.25) is 0 Å². The van der Waals surface area contributed by atoms with E-state index in [1.165, 1.54) is 6.07 Å². The summed E-state index contributed by atoms with van der Waals surface area (Å²) in [6, 6.07) is 14.7. The Bertz CT molecular complexity index is 979. The number of aromatic nitrogens is 2. The first-order valence-electron chi connectivity index (χ1n) is 10.0. The Balaban J connectivity index is 0.00000240. The predicted molar refractivity (Wildman–Crippen MR) is 116 cm³/mol. The Morgan fingerprint density at radius 3 is 2.66 bits per heavy atom. The molecule has 2 aromatic carbocycles. The van der Waals surface area contributed by atoms with Crippen LogP contribution in [-0.2, 0) is 13.6 Å². The van der Waals surface area contributed by atoms with Gasteiger partial charge in [-0.2, -0.15) is 5.10 Å². The number of hydrogen-bond acceptors (Lipinski definition) is 3. The number of aryl methyl sites for hydroxylation is 1. The number of Topliss-reactive ketones (excluding diaryl/α,β-unsaturated/α-hetero) is 1. The van der Waals surface area contributed by atoms with Crippen molar-refractivity contribution in [2.24, 2.45) is 13.0 Å². The average molecular weight is 416 g/mol. The summed E-state index contributed by atoms with van der Waals surface area (Å²) in [6.07, 6.45) is 3.64. The van der Waals surface area contributed by atoms with E-state index in [1.807, 2.05) is 37.4 Å². The van der Waals surface area contributed by atoms with E-state index in [2.05, 4.69) is 10.00 Å². The van der Waals surface area contributed by atoms with Gasteiger partial charge in [-0.1, -0.05) is 30.3 Å². The molecule has 1 aliphatic rings. The van der Waals surface area contributed by atoms with Crippen LogP contribution in [0.5, 0.6) is 0 Å². The molecular formula is C23H27ClFN3O. The van der Waals surface area contributed by atoms with Gasteiger partial charge in [-0.15, -0.1) is 12.4 Å². The Morgan fingerprint density at radius 2 is 1.90 bits per heavy atom. The molecule has 0 unspecified atom stereocenters. The first-order valence-corrected chi connectivity index (χ1v) is 10.0. The number of likely N-dealkylation sites (tertiary alicyclic amines) is 1. The lowest BCUT2D eigenvalue weighted by Gasteiger charge is -2.31. The highest BCUT2D eigenvalue weighted by molar-refractivity contribution is 6.05. The molecule has 1 aromatic heterocycles. The molecule has 4 nitrogen and oxygen atoms in total. The van der Waals surface area contributed by atoms with Crippen LogP contribution in [-0.4, -0.2) is 33.6 Å². The highest BCUT2D eigenvalue weighted by Gasteiger charge is 2.22. The maximum Gasteiger partial charge on any atom is 0.183 e. The fourth-order valence-electron chi connectivity index (χ4n) is 4.20. The van der Waals surface area contributed by atoms with Crippen molar-refractivity contribution in [3.63, 3.8) is 0 Å². The topological polar surface area (TPSA) is 38.1 Å². The SMILES string of the molecule is Cl.Cn1nc(C(=O)CCC2CCN(Cc3cccc(F)c3)CC2)c2ccccc21. The molecule has 0 spiro atoms. The molecule has 1 saturated heterocycles. The van der Waals surface area contributed by atoms with Gasteiger partial charge in [0, 0.05) is 25.4 Å². The van der Waals surface area contributed by atoms with E-state index in [0.29, 0.717) is 18.0 Å². The number of halogens is 2. The zero-order chi connectivity index (χ0) is 19.5. The minimum absolute atomic E-state index is 0. The van der Waals surface area contributed by atoms with Gasteiger partial charge in [0.05, 0.1) is 5.52 Å². The summed E-state index contributed by atoms with van der Waals surface area (Å²) in [5.41, 5.74) is 2.62. The van der Waals surface area contributed by atoms with E-state index in [1.54, 1.807) is 16.8 Å². The highest BCUT2D eigenvalue weighted by atomic mass is 35.5. The third-order valence-corrected chi connectivity index (χ3v) is 5.80. The number of fused-ring (bicyclic) bond motifs is 1. The molecule has 3 aromatic rings. The van der Waals surface area contributed by atoms with Gasteiger partial charge < -0.3 is 0 Å². The first kappa shape index (κ1) is 21.5. The molecule has 0 bridgehead atoms. The molecule has 0 N–H and O–H groups in total. The van der Waals surface area contributed by atoms with E-state index in [0.717, 1.165) is 55.4 Å². The van der Waals surface area contributed by atoms with Crippen LogP contribution in [0.15, 0.2) is 48.5 Å². The van der Waals surface area contributed by atoms with E-state index in [-0.39, 0.29) is 24.0 Å². The quantitative estimate of drug-likeness (QED) is 0.531. The summed E-state index contributed by atoms with van der Waals surface area (Å²) < 4.78 is 15.1. The maximum atomic E-state index is 13.3. The van der Waals surface area contributed by atoms with Crippen molar-refractivity contribution in [2.75, 3.05) is 13.1 Å². The molecule has 154 valence electrons. The van der Waals surface area contributed by atoms with E-state index in [9.17, 15) is 9.18 Å². The van der Waals surface area contributed by atoms with Crippen molar-refractivity contribution in [1.29, 1.82) is 0 Å². The van der Waals surface area contributed by atoms with Crippen molar-refractivity contribution >= 4 is 29.1 Å². The number of carbonyl (C=O) groups excluding carboxylic acids is 1. The van der Waals surface area contributed by atoms with E-state index in [4.69, 9.17) is 0 Å². The van der Waals surface area contributed by atoms with Gasteiger partial charge in [0.15, 0.2) is 5.78 Å². The van der Waals surface area contributed by atoms with Crippen LogP contribution in [0, 0.1) is 11.7 Å². The van der Waals surface area contributed by atoms with Gasteiger partial charge >= 0.3 is 0 Å². The summed E-state index contributed by atoms with van der Waals surface area (Å²) in [4.78, 5) is 15.1. The Labute approximate surface area is 177 Å². The summed E-state index contributed by atoms with van der Waals surface area (Å²) >= 11 is 0. The summed E-state index contributed by atoms with van der Waals surface area (Å²) in [7, 11) is 1.88. The first-order chi connectivity index (χ1) is 13.6. The second kappa shape index (κ2) is 9.51. The number of ketones is 1. The summed E-state index contributed by atoms with van der Waals surface area (Å²) in [5, 5.41) is 5.39. The van der Waals surface area contributed by atoms with Crippen LogP contribution in [0.2, 0.25) is 0 Å². The molecule has 1 aliphatic heterocycles.